The van der Waals surface area contributed by atoms with Gasteiger partial charge in [-0.15, -0.1) is 0 Å². The zero-order valence-electron chi connectivity index (χ0n) is 11.7. The van der Waals surface area contributed by atoms with Crippen molar-refractivity contribution in [3.05, 3.63) is 78.7 Å². The van der Waals surface area contributed by atoms with Crippen LogP contribution in [0.1, 0.15) is 0 Å². The average molecular weight is 293 g/mol. The van der Waals surface area contributed by atoms with Crippen molar-refractivity contribution < 1.29 is 4.57 Å². The lowest BCUT2D eigenvalue weighted by Gasteiger charge is -2.04. The van der Waals surface area contributed by atoms with Crippen LogP contribution in [0.3, 0.4) is 0 Å². The Balaban J connectivity index is 1.98. The molecule has 0 saturated carbocycles. The number of aromatic nitrogens is 1. The molecule has 1 aromatic heterocycles. The van der Waals surface area contributed by atoms with Crippen molar-refractivity contribution in [3.63, 3.8) is 0 Å². The molecule has 2 nitrogen and oxygen atoms in total. The molecule has 0 radical (unpaired) electrons. The van der Waals surface area contributed by atoms with Crippen LogP contribution >= 0.6 is 11.3 Å². The summed E-state index contributed by atoms with van der Waals surface area (Å²) in [6.45, 7) is 4.66. The Morgan fingerprint density at radius 2 is 1.67 bits per heavy atom. The van der Waals surface area contributed by atoms with E-state index in [-0.39, 0.29) is 0 Å². The summed E-state index contributed by atoms with van der Waals surface area (Å²) < 4.78 is 2.25. The van der Waals surface area contributed by atoms with E-state index < -0.39 is 0 Å². The van der Waals surface area contributed by atoms with E-state index in [0.29, 0.717) is 0 Å². The number of benzene rings is 2. The van der Waals surface area contributed by atoms with Crippen molar-refractivity contribution in [2.75, 3.05) is 5.32 Å². The number of anilines is 2. The van der Waals surface area contributed by atoms with Crippen LogP contribution in [0.2, 0.25) is 0 Å². The molecule has 0 atom stereocenters. The Kier molecular flexibility index (Phi) is 4.12. The van der Waals surface area contributed by atoms with Crippen LogP contribution in [-0.4, -0.2) is 0 Å². The fraction of sp³-hybridized carbons (Fsp3) is 0.0556. The Hall–Kier alpha value is -2.39. The quantitative estimate of drug-likeness (QED) is 0.535. The zero-order valence-corrected chi connectivity index (χ0v) is 12.5. The van der Waals surface area contributed by atoms with E-state index in [2.05, 4.69) is 58.2 Å². The minimum Gasteiger partial charge on any atom is -0.231 e. The summed E-state index contributed by atoms with van der Waals surface area (Å²) in [5.41, 5.74) is 3.52. The van der Waals surface area contributed by atoms with Gasteiger partial charge < -0.3 is 0 Å². The fourth-order valence-electron chi connectivity index (χ4n) is 2.23. The van der Waals surface area contributed by atoms with Gasteiger partial charge in [0, 0.05) is 10.9 Å². The minimum absolute atomic E-state index is 0.781. The predicted molar refractivity (Wildman–Crippen MR) is 89.9 cm³/mol. The van der Waals surface area contributed by atoms with Gasteiger partial charge in [-0.3, -0.25) is 0 Å². The molecule has 0 bridgehead atoms. The fourth-order valence-corrected chi connectivity index (χ4v) is 3.20. The number of allylic oxidation sites excluding steroid dienone is 1. The molecule has 3 heteroatoms. The van der Waals surface area contributed by atoms with Crippen LogP contribution in [0.4, 0.5) is 10.8 Å². The molecule has 0 saturated heterocycles. The molecule has 3 aromatic rings. The first-order valence-corrected chi connectivity index (χ1v) is 7.76. The van der Waals surface area contributed by atoms with Crippen molar-refractivity contribution >= 4 is 22.2 Å². The van der Waals surface area contributed by atoms with E-state index in [1.54, 1.807) is 11.3 Å². The number of nitrogens with one attached hydrogen (secondary N) is 1. The number of para-hydroxylation sites is 1. The maximum Gasteiger partial charge on any atom is 0.339 e. The van der Waals surface area contributed by atoms with Gasteiger partial charge in [-0.2, -0.15) is 0 Å². The van der Waals surface area contributed by atoms with Crippen LogP contribution < -0.4 is 9.88 Å². The van der Waals surface area contributed by atoms with E-state index in [9.17, 15) is 0 Å². The zero-order chi connectivity index (χ0) is 14.5. The molecule has 0 aliphatic rings. The summed E-state index contributed by atoms with van der Waals surface area (Å²) in [7, 11) is 0. The number of hydrogen-bond acceptors (Lipinski definition) is 2. The van der Waals surface area contributed by atoms with Crippen LogP contribution in [0.5, 0.6) is 0 Å². The highest BCUT2D eigenvalue weighted by Gasteiger charge is 2.18. The highest BCUT2D eigenvalue weighted by atomic mass is 32.1. The third-order valence-corrected chi connectivity index (χ3v) is 4.11. The summed E-state index contributed by atoms with van der Waals surface area (Å²) >= 11 is 1.71. The normalized spacial score (nSPS) is 10.3. The first-order valence-electron chi connectivity index (χ1n) is 6.88. The Labute approximate surface area is 129 Å². The van der Waals surface area contributed by atoms with Gasteiger partial charge in [-0.05, 0) is 12.1 Å². The molecule has 21 heavy (non-hydrogen) atoms. The second kappa shape index (κ2) is 6.37. The molecular formula is C18H17N2S+. The average Bonchev–Trinajstić information content (AvgIpc) is 2.92. The van der Waals surface area contributed by atoms with Gasteiger partial charge in [0.05, 0.1) is 0 Å². The van der Waals surface area contributed by atoms with Gasteiger partial charge >= 0.3 is 5.13 Å². The molecule has 0 amide bonds. The van der Waals surface area contributed by atoms with Crippen LogP contribution in [-0.2, 0) is 6.54 Å². The van der Waals surface area contributed by atoms with Crippen molar-refractivity contribution in [2.45, 2.75) is 6.54 Å². The Morgan fingerprint density at radius 3 is 2.33 bits per heavy atom. The number of thiazole rings is 1. The summed E-state index contributed by atoms with van der Waals surface area (Å²) in [5, 5.41) is 6.78. The molecule has 0 spiro atoms. The monoisotopic (exact) mass is 293 g/mol. The number of nitrogens with zero attached hydrogens (tertiary/aromatic N) is 1. The largest absolute Gasteiger partial charge is 0.339 e. The molecule has 0 fully saturated rings. The number of rotatable bonds is 5. The van der Waals surface area contributed by atoms with E-state index in [4.69, 9.17) is 0 Å². The van der Waals surface area contributed by atoms with E-state index in [1.165, 1.54) is 11.3 Å². The van der Waals surface area contributed by atoms with E-state index in [0.717, 1.165) is 17.4 Å². The van der Waals surface area contributed by atoms with Crippen molar-refractivity contribution in [2.24, 2.45) is 0 Å². The molecular weight excluding hydrogens is 276 g/mol. The van der Waals surface area contributed by atoms with Gasteiger partial charge in [0.15, 0.2) is 0 Å². The Bertz CT molecular complexity index is 717. The lowest BCUT2D eigenvalue weighted by atomic mass is 10.2. The molecule has 0 aliphatic heterocycles. The smallest absolute Gasteiger partial charge is 0.231 e. The molecule has 0 unspecified atom stereocenters. The molecule has 3 rings (SSSR count). The summed E-state index contributed by atoms with van der Waals surface area (Å²) in [4.78, 5) is 0. The van der Waals surface area contributed by atoms with Crippen LogP contribution in [0, 0.1) is 0 Å². The lowest BCUT2D eigenvalue weighted by molar-refractivity contribution is -0.657. The summed E-state index contributed by atoms with van der Waals surface area (Å²) in [5.74, 6) is 0. The molecule has 1 N–H and O–H groups in total. The van der Waals surface area contributed by atoms with Crippen molar-refractivity contribution in [3.8, 4) is 11.3 Å². The van der Waals surface area contributed by atoms with E-state index in [1.807, 2.05) is 30.3 Å². The summed E-state index contributed by atoms with van der Waals surface area (Å²) in [6, 6.07) is 20.7. The minimum atomic E-state index is 0.781. The summed E-state index contributed by atoms with van der Waals surface area (Å²) in [6.07, 6.45) is 1.93. The second-order valence-corrected chi connectivity index (χ2v) is 5.54. The van der Waals surface area contributed by atoms with Gasteiger partial charge in [0.25, 0.3) is 0 Å². The molecule has 0 aliphatic carbocycles. The number of hydrogen-bond donors (Lipinski definition) is 1. The first-order chi connectivity index (χ1) is 10.4. The maximum atomic E-state index is 3.87. The van der Waals surface area contributed by atoms with E-state index >= 15 is 0 Å². The topological polar surface area (TPSA) is 15.9 Å². The first kappa shape index (κ1) is 13.6. The van der Waals surface area contributed by atoms with Crippen molar-refractivity contribution in [1.82, 2.24) is 0 Å². The van der Waals surface area contributed by atoms with Crippen LogP contribution in [0.25, 0.3) is 11.3 Å². The van der Waals surface area contributed by atoms with Crippen LogP contribution in [0.15, 0.2) is 78.7 Å². The van der Waals surface area contributed by atoms with Crippen molar-refractivity contribution in [1.29, 1.82) is 0 Å². The Morgan fingerprint density at radius 1 is 1.00 bits per heavy atom. The third-order valence-electron chi connectivity index (χ3n) is 3.22. The van der Waals surface area contributed by atoms with Gasteiger partial charge in [0.1, 0.15) is 17.9 Å². The molecule has 1 heterocycles. The van der Waals surface area contributed by atoms with Gasteiger partial charge in [-0.1, -0.05) is 72.5 Å². The second-order valence-electron chi connectivity index (χ2n) is 4.68. The highest BCUT2D eigenvalue weighted by Crippen LogP contribution is 2.25. The molecule has 2 aromatic carbocycles. The standard InChI is InChI=1S/C18H16N2S/c1-2-13-20-17(15-9-5-3-6-10-15)14-21-18(20)19-16-11-7-4-8-12-16/h2-12,14H,1,13H2/p+1. The highest BCUT2D eigenvalue weighted by molar-refractivity contribution is 7.13. The third kappa shape index (κ3) is 3.03. The predicted octanol–water partition coefficient (Wildman–Crippen LogP) is 4.63. The van der Waals surface area contributed by atoms with Gasteiger partial charge in [0.2, 0.25) is 0 Å². The maximum absolute atomic E-state index is 3.87. The lowest BCUT2D eigenvalue weighted by Crippen LogP contribution is -2.35. The SMILES string of the molecule is C=CC[n+]1c(-c2ccccc2)csc1Nc1ccccc1. The van der Waals surface area contributed by atoms with Gasteiger partial charge in [-0.25, -0.2) is 9.88 Å². The molecule has 104 valence electrons.